The zero-order valence-electron chi connectivity index (χ0n) is 13.7. The lowest BCUT2D eigenvalue weighted by Gasteiger charge is -2.32. The zero-order chi connectivity index (χ0) is 16.0. The van der Waals surface area contributed by atoms with Gasteiger partial charge in [-0.3, -0.25) is 9.59 Å². The number of carboxylic acid groups (broad SMARTS) is 1. The van der Waals surface area contributed by atoms with E-state index in [2.05, 4.69) is 38.3 Å². The van der Waals surface area contributed by atoms with Gasteiger partial charge in [0.2, 0.25) is 5.91 Å². The molecule has 2 atom stereocenters. The van der Waals surface area contributed by atoms with E-state index in [-0.39, 0.29) is 29.6 Å². The van der Waals surface area contributed by atoms with Crippen molar-refractivity contribution in [1.29, 1.82) is 0 Å². The summed E-state index contributed by atoms with van der Waals surface area (Å²) < 4.78 is 0. The Morgan fingerprint density at radius 2 is 1.95 bits per heavy atom. The molecule has 1 fully saturated rings. The van der Waals surface area contributed by atoms with Gasteiger partial charge in [-0.05, 0) is 37.1 Å². The Labute approximate surface area is 127 Å². The molecule has 0 bridgehead atoms. The molecule has 0 aromatic rings. The smallest absolute Gasteiger partial charge is 0.303 e. The highest BCUT2D eigenvalue weighted by Gasteiger charge is 2.43. The van der Waals surface area contributed by atoms with Gasteiger partial charge in [-0.2, -0.15) is 0 Å². The summed E-state index contributed by atoms with van der Waals surface area (Å²) >= 11 is 0. The molecular weight excluding hydrogens is 268 g/mol. The van der Waals surface area contributed by atoms with Crippen molar-refractivity contribution in [2.24, 2.45) is 23.2 Å². The molecular formula is C16H30N2O3. The minimum absolute atomic E-state index is 0.00465. The van der Waals surface area contributed by atoms with Gasteiger partial charge in [-0.15, -0.1) is 0 Å². The van der Waals surface area contributed by atoms with Gasteiger partial charge in [0.05, 0.1) is 5.41 Å². The molecule has 1 amide bonds. The lowest BCUT2D eigenvalue weighted by Crippen LogP contribution is -2.47. The molecule has 1 aliphatic heterocycles. The van der Waals surface area contributed by atoms with Gasteiger partial charge in [0, 0.05) is 19.5 Å². The number of hydrogen-bond donors (Lipinski definition) is 3. The first-order valence-electron chi connectivity index (χ1n) is 7.98. The fourth-order valence-corrected chi connectivity index (χ4v) is 3.23. The maximum atomic E-state index is 12.6. The first kappa shape index (κ1) is 18.0. The van der Waals surface area contributed by atoms with Crippen LogP contribution in [0.2, 0.25) is 0 Å². The summed E-state index contributed by atoms with van der Waals surface area (Å²) in [6, 6.07) is 0. The molecule has 1 heterocycles. The molecule has 0 aromatic carbocycles. The molecule has 0 aromatic heterocycles. The van der Waals surface area contributed by atoms with E-state index in [1.54, 1.807) is 0 Å². The van der Waals surface area contributed by atoms with Gasteiger partial charge in [0.15, 0.2) is 0 Å². The van der Waals surface area contributed by atoms with Crippen LogP contribution in [0.3, 0.4) is 0 Å². The fraction of sp³-hybridized carbons (Fsp3) is 0.875. The highest BCUT2D eigenvalue weighted by atomic mass is 16.4. The minimum atomic E-state index is -0.795. The molecule has 21 heavy (non-hydrogen) atoms. The Balaban J connectivity index is 2.61. The summed E-state index contributed by atoms with van der Waals surface area (Å²) in [4.78, 5) is 23.5. The number of carbonyl (C=O) groups is 2. The van der Waals surface area contributed by atoms with Gasteiger partial charge in [0.25, 0.3) is 0 Å². The lowest BCUT2D eigenvalue weighted by atomic mass is 9.75. The van der Waals surface area contributed by atoms with E-state index in [1.807, 2.05) is 0 Å². The normalized spacial score (nSPS) is 23.5. The van der Waals surface area contributed by atoms with Gasteiger partial charge in [0.1, 0.15) is 0 Å². The number of hydrogen-bond acceptors (Lipinski definition) is 3. The van der Waals surface area contributed by atoms with E-state index in [0.29, 0.717) is 19.0 Å². The Bertz CT molecular complexity index is 361. The number of nitrogens with one attached hydrogen (secondary N) is 2. The fourth-order valence-electron chi connectivity index (χ4n) is 3.23. The third-order valence-corrected chi connectivity index (χ3v) is 4.57. The lowest BCUT2D eigenvalue weighted by molar-refractivity contribution is -0.139. The van der Waals surface area contributed by atoms with Crippen LogP contribution in [-0.4, -0.2) is 36.6 Å². The molecule has 122 valence electrons. The van der Waals surface area contributed by atoms with Crippen molar-refractivity contribution in [2.75, 3.05) is 19.6 Å². The quantitative estimate of drug-likeness (QED) is 0.639. The summed E-state index contributed by atoms with van der Waals surface area (Å²) in [5.41, 5.74) is -0.342. The predicted molar refractivity (Wildman–Crippen MR) is 83.0 cm³/mol. The van der Waals surface area contributed by atoms with Gasteiger partial charge in [-0.1, -0.05) is 27.7 Å². The predicted octanol–water partition coefficient (Wildman–Crippen LogP) is 1.88. The highest BCUT2D eigenvalue weighted by Crippen LogP contribution is 2.34. The Kier molecular flexibility index (Phi) is 6.65. The molecule has 1 aliphatic rings. The minimum Gasteiger partial charge on any atom is -0.481 e. The number of carbonyl (C=O) groups excluding carboxylic acids is 1. The summed E-state index contributed by atoms with van der Waals surface area (Å²) in [6.45, 7) is 10.4. The van der Waals surface area contributed by atoms with E-state index in [1.165, 1.54) is 0 Å². The van der Waals surface area contributed by atoms with Crippen LogP contribution in [0, 0.1) is 23.2 Å². The molecule has 1 saturated heterocycles. The summed E-state index contributed by atoms with van der Waals surface area (Å²) in [6.07, 6.45) is 1.79. The van der Waals surface area contributed by atoms with Crippen LogP contribution in [0.4, 0.5) is 0 Å². The van der Waals surface area contributed by atoms with Crippen LogP contribution in [0.5, 0.6) is 0 Å². The van der Waals surface area contributed by atoms with Gasteiger partial charge in [-0.25, -0.2) is 0 Å². The SMILES string of the molecule is CC(C)CC(CNC(=O)C1(C(C)C)CCNC1)CC(=O)O. The van der Waals surface area contributed by atoms with E-state index in [4.69, 9.17) is 5.11 Å². The molecule has 0 aliphatic carbocycles. The molecule has 3 N–H and O–H groups in total. The third-order valence-electron chi connectivity index (χ3n) is 4.57. The van der Waals surface area contributed by atoms with Crippen molar-refractivity contribution >= 4 is 11.9 Å². The molecule has 1 rings (SSSR count). The molecule has 5 heteroatoms. The second-order valence-electron chi connectivity index (χ2n) is 7.04. The van der Waals surface area contributed by atoms with Crippen LogP contribution < -0.4 is 10.6 Å². The molecule has 5 nitrogen and oxygen atoms in total. The summed E-state index contributed by atoms with van der Waals surface area (Å²) in [5.74, 6) is -0.0170. The summed E-state index contributed by atoms with van der Waals surface area (Å²) in [5, 5.41) is 15.3. The number of amides is 1. The number of rotatable bonds is 8. The van der Waals surface area contributed by atoms with Crippen molar-refractivity contribution in [3.8, 4) is 0 Å². The van der Waals surface area contributed by atoms with Crippen molar-refractivity contribution in [1.82, 2.24) is 10.6 Å². The Hall–Kier alpha value is -1.10. The van der Waals surface area contributed by atoms with E-state index < -0.39 is 5.97 Å². The van der Waals surface area contributed by atoms with Crippen molar-refractivity contribution in [2.45, 2.75) is 47.0 Å². The van der Waals surface area contributed by atoms with E-state index >= 15 is 0 Å². The van der Waals surface area contributed by atoms with Crippen LogP contribution in [0.25, 0.3) is 0 Å². The van der Waals surface area contributed by atoms with Crippen molar-refractivity contribution in [3.05, 3.63) is 0 Å². The largest absolute Gasteiger partial charge is 0.481 e. The summed E-state index contributed by atoms with van der Waals surface area (Å²) in [7, 11) is 0. The maximum absolute atomic E-state index is 12.6. The molecule has 2 unspecified atom stereocenters. The molecule has 0 radical (unpaired) electrons. The van der Waals surface area contributed by atoms with Crippen molar-refractivity contribution in [3.63, 3.8) is 0 Å². The Morgan fingerprint density at radius 1 is 1.29 bits per heavy atom. The van der Waals surface area contributed by atoms with Crippen LogP contribution in [0.1, 0.15) is 47.0 Å². The van der Waals surface area contributed by atoms with Crippen LogP contribution >= 0.6 is 0 Å². The standard InChI is InChI=1S/C16H30N2O3/c1-11(2)7-13(8-14(19)20)9-18-15(21)16(12(3)4)5-6-17-10-16/h11-13,17H,5-10H2,1-4H3,(H,18,21)(H,19,20). The topological polar surface area (TPSA) is 78.4 Å². The second-order valence-corrected chi connectivity index (χ2v) is 7.04. The average Bonchev–Trinajstić information content (AvgIpc) is 2.84. The number of carboxylic acids is 1. The average molecular weight is 298 g/mol. The zero-order valence-corrected chi connectivity index (χ0v) is 13.7. The monoisotopic (exact) mass is 298 g/mol. The van der Waals surface area contributed by atoms with Gasteiger partial charge >= 0.3 is 5.97 Å². The van der Waals surface area contributed by atoms with Crippen molar-refractivity contribution < 1.29 is 14.7 Å². The maximum Gasteiger partial charge on any atom is 0.303 e. The van der Waals surface area contributed by atoms with Crippen LogP contribution in [0.15, 0.2) is 0 Å². The first-order chi connectivity index (χ1) is 9.78. The van der Waals surface area contributed by atoms with E-state index in [9.17, 15) is 9.59 Å². The molecule has 0 spiro atoms. The first-order valence-corrected chi connectivity index (χ1v) is 7.98. The van der Waals surface area contributed by atoms with Gasteiger partial charge < -0.3 is 15.7 Å². The third kappa shape index (κ3) is 4.99. The second kappa shape index (κ2) is 7.78. The van der Waals surface area contributed by atoms with Crippen LogP contribution in [-0.2, 0) is 9.59 Å². The number of aliphatic carboxylic acids is 1. The van der Waals surface area contributed by atoms with E-state index in [0.717, 1.165) is 19.4 Å². The Morgan fingerprint density at radius 3 is 2.38 bits per heavy atom. The molecule has 0 saturated carbocycles. The highest BCUT2D eigenvalue weighted by molar-refractivity contribution is 5.83.